The van der Waals surface area contributed by atoms with E-state index >= 15 is 0 Å². The predicted octanol–water partition coefficient (Wildman–Crippen LogP) is 5.14. The largest absolute Gasteiger partial charge is 0.389 e. The van der Waals surface area contributed by atoms with E-state index in [4.69, 9.17) is 0 Å². The molecule has 186 valence electrons. The van der Waals surface area contributed by atoms with Gasteiger partial charge in [-0.05, 0) is 50.2 Å². The highest BCUT2D eigenvalue weighted by Crippen LogP contribution is 2.30. The van der Waals surface area contributed by atoms with E-state index in [1.54, 1.807) is 32.0 Å². The summed E-state index contributed by atoms with van der Waals surface area (Å²) < 4.78 is 58.8. The Morgan fingerprint density at radius 3 is 2.49 bits per heavy atom. The highest BCUT2D eigenvalue weighted by atomic mass is 19.2. The number of hydrogen-bond acceptors (Lipinski definition) is 6. The van der Waals surface area contributed by atoms with Crippen molar-refractivity contribution >= 4 is 22.4 Å². The average molecular weight is 507 g/mol. The van der Waals surface area contributed by atoms with E-state index in [1.807, 2.05) is 6.07 Å². The van der Waals surface area contributed by atoms with Crippen LogP contribution in [0.15, 0.2) is 48.8 Å². The molecule has 0 amide bonds. The van der Waals surface area contributed by atoms with Gasteiger partial charge in [-0.1, -0.05) is 0 Å². The van der Waals surface area contributed by atoms with Crippen molar-refractivity contribution in [2.45, 2.75) is 20.0 Å². The minimum Gasteiger partial charge on any atom is -0.389 e. The topological polar surface area (TPSA) is 105 Å². The van der Waals surface area contributed by atoms with E-state index in [2.05, 4.69) is 20.4 Å². The van der Waals surface area contributed by atoms with Crippen LogP contribution in [0.2, 0.25) is 0 Å². The number of benzene rings is 2. The van der Waals surface area contributed by atoms with Gasteiger partial charge in [0.15, 0.2) is 29.0 Å². The molecule has 0 aliphatic heterocycles. The molecule has 0 bridgehead atoms. The molecule has 3 heterocycles. The zero-order chi connectivity index (χ0) is 26.4. The van der Waals surface area contributed by atoms with Gasteiger partial charge >= 0.3 is 0 Å². The molecule has 37 heavy (non-hydrogen) atoms. The Hall–Kier alpha value is -4.76. The number of nitrogens with one attached hydrogen (secondary N) is 1. The van der Waals surface area contributed by atoms with Crippen molar-refractivity contribution in [2.24, 2.45) is 0 Å². The SMILES string of the molecule is Cc1cc(C#N)nn1-c1nc(-n2cnc3cc(F)c(Nc4ccc(F)c(F)c4F)cc32)ccc1C(C)O. The van der Waals surface area contributed by atoms with Crippen LogP contribution in [0, 0.1) is 41.5 Å². The lowest BCUT2D eigenvalue weighted by molar-refractivity contribution is 0.198. The second kappa shape index (κ2) is 9.03. The molecule has 0 saturated carbocycles. The van der Waals surface area contributed by atoms with Crippen LogP contribution in [0.1, 0.15) is 30.0 Å². The Morgan fingerprint density at radius 2 is 1.78 bits per heavy atom. The van der Waals surface area contributed by atoms with Gasteiger partial charge in [0.1, 0.15) is 24.0 Å². The monoisotopic (exact) mass is 507 g/mol. The number of pyridine rings is 1. The van der Waals surface area contributed by atoms with Gasteiger partial charge in [0.2, 0.25) is 0 Å². The fraction of sp³-hybridized carbons (Fsp3) is 0.120. The summed E-state index contributed by atoms with van der Waals surface area (Å²) in [5.74, 6) is -4.73. The van der Waals surface area contributed by atoms with E-state index in [0.717, 1.165) is 18.2 Å². The molecule has 2 aromatic carbocycles. The van der Waals surface area contributed by atoms with Crippen molar-refractivity contribution in [1.82, 2.24) is 24.3 Å². The fourth-order valence-electron chi connectivity index (χ4n) is 3.90. The third-order valence-electron chi connectivity index (χ3n) is 5.73. The summed E-state index contributed by atoms with van der Waals surface area (Å²) >= 11 is 0. The quantitative estimate of drug-likeness (QED) is 0.252. The van der Waals surface area contributed by atoms with Crippen molar-refractivity contribution in [2.75, 3.05) is 5.32 Å². The Kier molecular flexibility index (Phi) is 5.85. The van der Waals surface area contributed by atoms with Gasteiger partial charge in [-0.2, -0.15) is 10.4 Å². The lowest BCUT2D eigenvalue weighted by atomic mass is 10.1. The maximum atomic E-state index is 14.8. The van der Waals surface area contributed by atoms with Gasteiger partial charge in [-0.3, -0.25) is 4.57 Å². The van der Waals surface area contributed by atoms with Crippen molar-refractivity contribution in [3.8, 4) is 17.7 Å². The smallest absolute Gasteiger partial charge is 0.196 e. The Bertz CT molecular complexity index is 1720. The molecule has 5 aromatic rings. The number of fused-ring (bicyclic) bond motifs is 1. The third-order valence-corrected chi connectivity index (χ3v) is 5.73. The zero-order valence-electron chi connectivity index (χ0n) is 19.3. The minimum atomic E-state index is -1.68. The maximum Gasteiger partial charge on any atom is 0.196 e. The molecule has 8 nitrogen and oxygen atoms in total. The molecule has 5 rings (SSSR count). The second-order valence-electron chi connectivity index (χ2n) is 8.24. The number of aliphatic hydroxyl groups excluding tert-OH is 1. The molecule has 12 heteroatoms. The molecular weight excluding hydrogens is 490 g/mol. The first-order valence-electron chi connectivity index (χ1n) is 10.9. The van der Waals surface area contributed by atoms with Gasteiger partial charge in [0.05, 0.1) is 28.5 Å². The normalized spacial score (nSPS) is 12.1. The summed E-state index contributed by atoms with van der Waals surface area (Å²) in [5, 5.41) is 26.2. The molecule has 0 aliphatic rings. The van der Waals surface area contributed by atoms with Crippen LogP contribution in [0.3, 0.4) is 0 Å². The minimum absolute atomic E-state index is 0.171. The standard InChI is InChI=1S/C25H17F4N7O/c1-12-7-14(10-30)34-36(12)25-15(13(2)37)3-6-22(33-25)35-11-31-20-8-17(27)19(9-21(20)35)32-18-5-4-16(26)23(28)24(18)29/h3-9,11,13,32,37H,1-2H3. The Labute approximate surface area is 207 Å². The Morgan fingerprint density at radius 1 is 1.00 bits per heavy atom. The lowest BCUT2D eigenvalue weighted by Gasteiger charge is -2.15. The lowest BCUT2D eigenvalue weighted by Crippen LogP contribution is -2.11. The molecule has 0 aliphatic carbocycles. The van der Waals surface area contributed by atoms with Crippen molar-refractivity contribution in [1.29, 1.82) is 5.26 Å². The van der Waals surface area contributed by atoms with E-state index in [0.29, 0.717) is 22.6 Å². The van der Waals surface area contributed by atoms with Gasteiger partial charge in [-0.25, -0.2) is 32.2 Å². The van der Waals surface area contributed by atoms with Gasteiger partial charge in [-0.15, -0.1) is 0 Å². The maximum absolute atomic E-state index is 14.8. The highest BCUT2D eigenvalue weighted by molar-refractivity contribution is 5.82. The van der Waals surface area contributed by atoms with Gasteiger partial charge in [0, 0.05) is 17.3 Å². The van der Waals surface area contributed by atoms with Crippen LogP contribution in [0.25, 0.3) is 22.7 Å². The number of halogens is 4. The molecule has 0 saturated heterocycles. The van der Waals surface area contributed by atoms with Crippen LogP contribution in [-0.2, 0) is 0 Å². The van der Waals surface area contributed by atoms with E-state index in [9.17, 15) is 27.9 Å². The summed E-state index contributed by atoms with van der Waals surface area (Å²) in [6.07, 6.45) is 0.498. The first-order valence-corrected chi connectivity index (χ1v) is 10.9. The molecule has 1 unspecified atom stereocenters. The van der Waals surface area contributed by atoms with Crippen LogP contribution in [0.5, 0.6) is 0 Å². The van der Waals surface area contributed by atoms with Crippen molar-refractivity contribution < 1.29 is 22.7 Å². The van der Waals surface area contributed by atoms with Crippen LogP contribution in [-0.4, -0.2) is 29.4 Å². The number of anilines is 2. The van der Waals surface area contributed by atoms with Crippen molar-refractivity contribution in [3.63, 3.8) is 0 Å². The van der Waals surface area contributed by atoms with Crippen molar-refractivity contribution in [3.05, 3.63) is 89.0 Å². The van der Waals surface area contributed by atoms with E-state index in [-0.39, 0.29) is 22.7 Å². The number of nitrogens with zero attached hydrogens (tertiary/aromatic N) is 6. The fourth-order valence-corrected chi connectivity index (χ4v) is 3.90. The number of imidazole rings is 1. The summed E-state index contributed by atoms with van der Waals surface area (Å²) in [4.78, 5) is 8.82. The van der Waals surface area contributed by atoms with Gasteiger partial charge in [0.25, 0.3) is 0 Å². The molecule has 3 aromatic heterocycles. The molecule has 0 fully saturated rings. The molecule has 1 atom stereocenters. The van der Waals surface area contributed by atoms with E-state index < -0.39 is 35.1 Å². The summed E-state index contributed by atoms with van der Waals surface area (Å²) in [6.45, 7) is 3.30. The second-order valence-corrected chi connectivity index (χ2v) is 8.24. The summed E-state index contributed by atoms with van der Waals surface area (Å²) in [5.41, 5.74) is 1.19. The molecule has 0 radical (unpaired) electrons. The third kappa shape index (κ3) is 4.15. The number of nitriles is 1. The molecule has 2 N–H and O–H groups in total. The van der Waals surface area contributed by atoms with Crippen LogP contribution >= 0.6 is 0 Å². The van der Waals surface area contributed by atoms with Crippen LogP contribution < -0.4 is 5.32 Å². The first kappa shape index (κ1) is 24.0. The number of rotatable bonds is 5. The highest BCUT2D eigenvalue weighted by Gasteiger charge is 2.19. The predicted molar refractivity (Wildman–Crippen MR) is 126 cm³/mol. The molecule has 0 spiro atoms. The van der Waals surface area contributed by atoms with E-state index in [1.165, 1.54) is 21.6 Å². The molecular formula is C25H17F4N7O. The summed E-state index contributed by atoms with van der Waals surface area (Å²) in [7, 11) is 0. The number of hydrogen-bond donors (Lipinski definition) is 2. The summed E-state index contributed by atoms with van der Waals surface area (Å²) in [6, 6.07) is 10.9. The Balaban J connectivity index is 1.63. The average Bonchev–Trinajstić information content (AvgIpc) is 3.46. The zero-order valence-corrected chi connectivity index (χ0v) is 19.3. The van der Waals surface area contributed by atoms with Crippen LogP contribution in [0.4, 0.5) is 28.9 Å². The number of aliphatic hydroxyl groups is 1. The first-order chi connectivity index (χ1) is 17.7. The number of aryl methyl sites for hydroxylation is 1. The van der Waals surface area contributed by atoms with Gasteiger partial charge < -0.3 is 10.4 Å². The number of aromatic nitrogens is 5.